The molecule has 0 aromatic carbocycles. The molecule has 0 fully saturated rings. The van der Waals surface area contributed by atoms with Gasteiger partial charge in [-0.3, -0.25) is 4.68 Å². The van der Waals surface area contributed by atoms with Gasteiger partial charge in [0, 0.05) is 7.05 Å². The van der Waals surface area contributed by atoms with Crippen LogP contribution >= 0.6 is 0 Å². The Balaban J connectivity index is 2.25. The molecule has 0 radical (unpaired) electrons. The van der Waals surface area contributed by atoms with Gasteiger partial charge in [0.15, 0.2) is 17.3 Å². The summed E-state index contributed by atoms with van der Waals surface area (Å²) in [7, 11) is 1.71. The number of halogens is 2. The van der Waals surface area contributed by atoms with Crippen molar-refractivity contribution in [3.05, 3.63) is 12.0 Å². The van der Waals surface area contributed by atoms with Crippen molar-refractivity contribution in [2.45, 2.75) is 13.0 Å². The number of rotatable bonds is 5. The fourth-order valence-corrected chi connectivity index (χ4v) is 1.48. The fraction of sp³-hybridized carbons (Fsp3) is 0.444. The Bertz CT molecular complexity index is 543. The van der Waals surface area contributed by atoms with E-state index in [0.29, 0.717) is 16.9 Å². The zero-order valence-electron chi connectivity index (χ0n) is 9.60. The van der Waals surface area contributed by atoms with Crippen LogP contribution in [0.3, 0.4) is 0 Å². The van der Waals surface area contributed by atoms with Crippen molar-refractivity contribution in [3.8, 4) is 0 Å². The van der Waals surface area contributed by atoms with Crippen LogP contribution in [0, 0.1) is 0 Å². The zero-order chi connectivity index (χ0) is 13.1. The van der Waals surface area contributed by atoms with E-state index < -0.39 is 13.0 Å². The highest BCUT2D eigenvalue weighted by Crippen LogP contribution is 2.18. The second kappa shape index (κ2) is 5.19. The Kier molecular flexibility index (Phi) is 3.63. The Morgan fingerprint density at radius 2 is 2.28 bits per heavy atom. The normalized spacial score (nSPS) is 11.4. The van der Waals surface area contributed by atoms with Crippen molar-refractivity contribution < 1.29 is 13.5 Å². The first-order valence-corrected chi connectivity index (χ1v) is 5.13. The average molecular weight is 258 g/mol. The van der Waals surface area contributed by atoms with Gasteiger partial charge in [0.25, 0.3) is 6.43 Å². The number of nitrogens with two attached hydrogens (primary N) is 1. The molecule has 0 aliphatic heterocycles. The Morgan fingerprint density at radius 3 is 2.94 bits per heavy atom. The van der Waals surface area contributed by atoms with E-state index in [1.54, 1.807) is 13.2 Å². The zero-order valence-corrected chi connectivity index (χ0v) is 9.60. The predicted molar refractivity (Wildman–Crippen MR) is 59.8 cm³/mol. The number of aryl methyl sites for hydroxylation is 1. The van der Waals surface area contributed by atoms with Gasteiger partial charge in [-0.25, -0.2) is 24.6 Å². The lowest BCUT2D eigenvalue weighted by Gasteiger charge is -2.06. The van der Waals surface area contributed by atoms with E-state index in [9.17, 15) is 8.78 Å². The summed E-state index contributed by atoms with van der Waals surface area (Å²) in [6.45, 7) is -0.766. The highest BCUT2D eigenvalue weighted by molar-refractivity contribution is 5.86. The number of aromatic nitrogens is 4. The van der Waals surface area contributed by atoms with Gasteiger partial charge in [-0.15, -0.1) is 0 Å². The molecule has 0 aliphatic carbocycles. The SMILES string of the molecule is Cn1ncc2c(NN)nc(COCC(F)F)nc21. The number of hydrazine groups is 1. The van der Waals surface area contributed by atoms with Gasteiger partial charge in [0.1, 0.15) is 13.2 Å². The van der Waals surface area contributed by atoms with Crippen LogP contribution in [0.15, 0.2) is 6.20 Å². The van der Waals surface area contributed by atoms with Crippen molar-refractivity contribution in [1.29, 1.82) is 0 Å². The second-order valence-electron chi connectivity index (χ2n) is 3.54. The summed E-state index contributed by atoms with van der Waals surface area (Å²) in [5.74, 6) is 5.97. The quantitative estimate of drug-likeness (QED) is 0.597. The van der Waals surface area contributed by atoms with Crippen molar-refractivity contribution in [3.63, 3.8) is 0 Å². The van der Waals surface area contributed by atoms with Crippen LogP contribution in [0.25, 0.3) is 11.0 Å². The number of fused-ring (bicyclic) bond motifs is 1. The van der Waals surface area contributed by atoms with Gasteiger partial charge in [-0.2, -0.15) is 5.10 Å². The Labute approximate surface area is 101 Å². The summed E-state index contributed by atoms with van der Waals surface area (Å²) in [6, 6.07) is 0. The standard InChI is InChI=1S/C9H12F2N6O/c1-17-9-5(2-13-17)8(16-12)14-7(15-9)4-18-3-6(10)11/h2,6H,3-4,12H2,1H3,(H,14,15,16). The maximum absolute atomic E-state index is 11.9. The van der Waals surface area contributed by atoms with Crippen LogP contribution in [-0.2, 0) is 18.4 Å². The highest BCUT2D eigenvalue weighted by atomic mass is 19.3. The van der Waals surface area contributed by atoms with Gasteiger partial charge in [0.05, 0.1) is 11.6 Å². The predicted octanol–water partition coefficient (Wildman–Crippen LogP) is 0.431. The molecule has 0 atom stereocenters. The molecular weight excluding hydrogens is 246 g/mol. The highest BCUT2D eigenvalue weighted by Gasteiger charge is 2.11. The maximum atomic E-state index is 11.9. The molecular formula is C9H12F2N6O. The minimum atomic E-state index is -2.52. The number of hydrogen-bond donors (Lipinski definition) is 2. The molecule has 0 amide bonds. The fourth-order valence-electron chi connectivity index (χ4n) is 1.48. The molecule has 7 nitrogen and oxygen atoms in total. The van der Waals surface area contributed by atoms with E-state index in [1.165, 1.54) is 4.68 Å². The largest absolute Gasteiger partial charge is 0.368 e. The third-order valence-electron chi connectivity index (χ3n) is 2.25. The van der Waals surface area contributed by atoms with Crippen molar-refractivity contribution in [2.24, 2.45) is 12.9 Å². The first-order valence-electron chi connectivity index (χ1n) is 5.13. The first-order chi connectivity index (χ1) is 8.61. The van der Waals surface area contributed by atoms with Crippen LogP contribution in [0.2, 0.25) is 0 Å². The molecule has 0 saturated heterocycles. The molecule has 0 saturated carbocycles. The van der Waals surface area contributed by atoms with Crippen molar-refractivity contribution in [2.75, 3.05) is 12.0 Å². The lowest BCUT2D eigenvalue weighted by atomic mass is 10.4. The third-order valence-corrected chi connectivity index (χ3v) is 2.25. The van der Waals surface area contributed by atoms with Crippen LogP contribution in [0.5, 0.6) is 0 Å². The monoisotopic (exact) mass is 258 g/mol. The van der Waals surface area contributed by atoms with Gasteiger partial charge >= 0.3 is 0 Å². The summed E-state index contributed by atoms with van der Waals surface area (Å²) >= 11 is 0. The number of nitrogens with zero attached hydrogens (tertiary/aromatic N) is 4. The first kappa shape index (κ1) is 12.6. The van der Waals surface area contributed by atoms with E-state index in [0.717, 1.165) is 0 Å². The minimum Gasteiger partial charge on any atom is -0.368 e. The molecule has 0 bridgehead atoms. The Morgan fingerprint density at radius 1 is 1.50 bits per heavy atom. The van der Waals surface area contributed by atoms with Gasteiger partial charge in [0.2, 0.25) is 0 Å². The van der Waals surface area contributed by atoms with Crippen LogP contribution < -0.4 is 11.3 Å². The molecule has 2 aromatic heterocycles. The molecule has 98 valence electrons. The number of anilines is 1. The maximum Gasteiger partial charge on any atom is 0.261 e. The van der Waals surface area contributed by atoms with E-state index in [4.69, 9.17) is 10.6 Å². The van der Waals surface area contributed by atoms with Crippen molar-refractivity contribution >= 4 is 16.9 Å². The molecule has 3 N–H and O–H groups in total. The lowest BCUT2D eigenvalue weighted by Crippen LogP contribution is -2.12. The summed E-state index contributed by atoms with van der Waals surface area (Å²) < 4.78 is 30.2. The Hall–Kier alpha value is -1.87. The molecule has 2 heterocycles. The molecule has 0 unspecified atom stereocenters. The smallest absolute Gasteiger partial charge is 0.261 e. The summed E-state index contributed by atoms with van der Waals surface area (Å²) in [5.41, 5.74) is 2.96. The summed E-state index contributed by atoms with van der Waals surface area (Å²) in [5, 5.41) is 4.66. The van der Waals surface area contributed by atoms with E-state index >= 15 is 0 Å². The third kappa shape index (κ3) is 2.51. The minimum absolute atomic E-state index is 0.111. The lowest BCUT2D eigenvalue weighted by molar-refractivity contribution is 0.00779. The molecule has 0 aliphatic rings. The number of alkyl halides is 2. The average Bonchev–Trinajstić information content (AvgIpc) is 2.70. The molecule has 9 heteroatoms. The molecule has 18 heavy (non-hydrogen) atoms. The van der Waals surface area contributed by atoms with Crippen molar-refractivity contribution in [1.82, 2.24) is 19.7 Å². The number of nitrogen functional groups attached to an aromatic ring is 1. The van der Waals surface area contributed by atoms with E-state index in [-0.39, 0.29) is 12.4 Å². The van der Waals surface area contributed by atoms with Crippen LogP contribution in [-0.4, -0.2) is 32.8 Å². The summed E-state index contributed by atoms with van der Waals surface area (Å²) in [6.07, 6.45) is -0.952. The van der Waals surface area contributed by atoms with Gasteiger partial charge < -0.3 is 10.2 Å². The number of hydrogen-bond acceptors (Lipinski definition) is 6. The molecule has 0 spiro atoms. The second-order valence-corrected chi connectivity index (χ2v) is 3.54. The van der Waals surface area contributed by atoms with E-state index in [2.05, 4.69) is 20.5 Å². The number of nitrogens with one attached hydrogen (secondary N) is 1. The molecule has 2 rings (SSSR count). The van der Waals surface area contributed by atoms with E-state index in [1.807, 2.05) is 0 Å². The number of ether oxygens (including phenoxy) is 1. The molecule has 2 aromatic rings. The summed E-state index contributed by atoms with van der Waals surface area (Å²) in [4.78, 5) is 8.22. The van der Waals surface area contributed by atoms with Crippen LogP contribution in [0.1, 0.15) is 5.82 Å². The van der Waals surface area contributed by atoms with Crippen LogP contribution in [0.4, 0.5) is 14.6 Å². The van der Waals surface area contributed by atoms with Gasteiger partial charge in [-0.1, -0.05) is 0 Å². The topological polar surface area (TPSA) is 90.9 Å². The van der Waals surface area contributed by atoms with Gasteiger partial charge in [-0.05, 0) is 0 Å².